The summed E-state index contributed by atoms with van der Waals surface area (Å²) in [6.07, 6.45) is 1.90. The summed E-state index contributed by atoms with van der Waals surface area (Å²) in [4.78, 5) is 22.4. The van der Waals surface area contributed by atoms with E-state index in [2.05, 4.69) is 20.0 Å². The number of piperidine rings is 1. The number of amides is 3. The minimum Gasteiger partial charge on any atom is -0.333 e. The van der Waals surface area contributed by atoms with E-state index in [-0.39, 0.29) is 24.0 Å². The molecule has 3 unspecified atom stereocenters. The second kappa shape index (κ2) is 3.24. The lowest BCUT2D eigenvalue weighted by Gasteiger charge is -2.40. The third-order valence-corrected chi connectivity index (χ3v) is 3.07. The molecule has 2 heterocycles. The standard InChI is InChI=1S/C7H12N3O2P/c11-6-5-4(8-7(12)9-6)2-1-3-10(5)13/h4-5H,1-3,13H2,(H2,8,9,11,12). The molecule has 0 aromatic rings. The molecule has 2 rings (SSSR count). The minimum absolute atomic E-state index is 0.0208. The Morgan fingerprint density at radius 1 is 1.46 bits per heavy atom. The van der Waals surface area contributed by atoms with Crippen molar-refractivity contribution in [3.05, 3.63) is 0 Å². The van der Waals surface area contributed by atoms with Crippen molar-refractivity contribution in [1.82, 2.24) is 15.3 Å². The summed E-state index contributed by atoms with van der Waals surface area (Å²) in [5.41, 5.74) is 0. The lowest BCUT2D eigenvalue weighted by atomic mass is 9.96. The Hall–Kier alpha value is -0.670. The first-order valence-corrected chi connectivity index (χ1v) is 4.83. The summed E-state index contributed by atoms with van der Waals surface area (Å²) >= 11 is 0. The molecule has 0 aromatic carbocycles. The molecule has 2 N–H and O–H groups in total. The van der Waals surface area contributed by atoms with Gasteiger partial charge in [-0.2, -0.15) is 0 Å². The Morgan fingerprint density at radius 3 is 3.00 bits per heavy atom. The lowest BCUT2D eigenvalue weighted by molar-refractivity contribution is -0.126. The molecule has 2 aliphatic heterocycles. The highest BCUT2D eigenvalue weighted by Gasteiger charge is 2.39. The van der Waals surface area contributed by atoms with Crippen molar-refractivity contribution in [1.29, 1.82) is 0 Å². The summed E-state index contributed by atoms with van der Waals surface area (Å²) in [5.74, 6) is -0.191. The third-order valence-electron chi connectivity index (χ3n) is 2.49. The number of nitrogens with one attached hydrogen (secondary N) is 2. The van der Waals surface area contributed by atoms with E-state index in [1.165, 1.54) is 0 Å². The van der Waals surface area contributed by atoms with Crippen molar-refractivity contribution in [3.63, 3.8) is 0 Å². The highest BCUT2D eigenvalue weighted by atomic mass is 31.0. The molecule has 0 aliphatic carbocycles. The quantitative estimate of drug-likeness (QED) is 0.517. The smallest absolute Gasteiger partial charge is 0.321 e. The van der Waals surface area contributed by atoms with E-state index in [4.69, 9.17) is 0 Å². The monoisotopic (exact) mass is 201 g/mol. The maximum atomic E-state index is 11.4. The molecule has 72 valence electrons. The zero-order chi connectivity index (χ0) is 9.42. The van der Waals surface area contributed by atoms with Crippen molar-refractivity contribution in [2.24, 2.45) is 0 Å². The minimum atomic E-state index is -0.369. The number of urea groups is 1. The van der Waals surface area contributed by atoms with Crippen LogP contribution in [0.3, 0.4) is 0 Å². The number of carbonyl (C=O) groups excluding carboxylic acids is 2. The fraction of sp³-hybridized carbons (Fsp3) is 0.714. The van der Waals surface area contributed by atoms with Crippen molar-refractivity contribution in [3.8, 4) is 0 Å². The maximum absolute atomic E-state index is 11.4. The van der Waals surface area contributed by atoms with E-state index in [1.54, 1.807) is 0 Å². The normalized spacial score (nSPS) is 34.8. The molecule has 2 fully saturated rings. The van der Waals surface area contributed by atoms with E-state index in [0.29, 0.717) is 0 Å². The average Bonchev–Trinajstić information content (AvgIpc) is 2.02. The van der Waals surface area contributed by atoms with Gasteiger partial charge in [0, 0.05) is 6.54 Å². The highest BCUT2D eigenvalue weighted by Crippen LogP contribution is 2.22. The molecule has 0 saturated carbocycles. The summed E-state index contributed by atoms with van der Waals surface area (Å²) < 4.78 is 1.91. The molecule has 5 nitrogen and oxygen atoms in total. The van der Waals surface area contributed by atoms with Crippen LogP contribution in [-0.2, 0) is 4.79 Å². The zero-order valence-corrected chi connectivity index (χ0v) is 8.27. The van der Waals surface area contributed by atoms with Gasteiger partial charge in [-0.1, -0.05) is 9.39 Å². The number of carbonyl (C=O) groups is 2. The van der Waals surface area contributed by atoms with Crippen LogP contribution in [0.1, 0.15) is 12.8 Å². The Kier molecular flexibility index (Phi) is 2.22. The van der Waals surface area contributed by atoms with Gasteiger partial charge in [0.05, 0.1) is 6.04 Å². The SMILES string of the molecule is O=C1NC(=O)C2C(CCCN2P)N1. The number of fused-ring (bicyclic) bond motifs is 1. The van der Waals surface area contributed by atoms with Gasteiger partial charge in [0.25, 0.3) is 0 Å². The Balaban J connectivity index is 2.17. The topological polar surface area (TPSA) is 61.4 Å². The van der Waals surface area contributed by atoms with Crippen LogP contribution in [0.25, 0.3) is 0 Å². The number of imide groups is 1. The van der Waals surface area contributed by atoms with Gasteiger partial charge in [0.2, 0.25) is 5.91 Å². The van der Waals surface area contributed by atoms with Crippen LogP contribution in [0.5, 0.6) is 0 Å². The molecule has 3 amide bonds. The highest BCUT2D eigenvalue weighted by molar-refractivity contribution is 7.13. The van der Waals surface area contributed by atoms with Crippen LogP contribution in [-0.4, -0.2) is 35.2 Å². The van der Waals surface area contributed by atoms with Gasteiger partial charge in [-0.3, -0.25) is 14.8 Å². The zero-order valence-electron chi connectivity index (χ0n) is 7.12. The van der Waals surface area contributed by atoms with Gasteiger partial charge in [-0.05, 0) is 12.8 Å². The van der Waals surface area contributed by atoms with Gasteiger partial charge >= 0.3 is 6.03 Å². The molecular weight excluding hydrogens is 189 g/mol. The fourth-order valence-corrected chi connectivity index (χ4v) is 2.42. The van der Waals surface area contributed by atoms with E-state index in [0.717, 1.165) is 19.4 Å². The van der Waals surface area contributed by atoms with Crippen LogP contribution in [0.15, 0.2) is 0 Å². The Labute approximate surface area is 78.5 Å². The van der Waals surface area contributed by atoms with E-state index < -0.39 is 0 Å². The van der Waals surface area contributed by atoms with Crippen LogP contribution in [0.4, 0.5) is 4.79 Å². The van der Waals surface area contributed by atoms with Crippen molar-refractivity contribution >= 4 is 21.3 Å². The van der Waals surface area contributed by atoms with Gasteiger partial charge in [-0.25, -0.2) is 4.79 Å². The van der Waals surface area contributed by atoms with Gasteiger partial charge in [-0.15, -0.1) is 0 Å². The van der Waals surface area contributed by atoms with Crippen LogP contribution >= 0.6 is 9.39 Å². The summed E-state index contributed by atoms with van der Waals surface area (Å²) in [5, 5.41) is 5.02. The molecule has 0 bridgehead atoms. The van der Waals surface area contributed by atoms with E-state index in [1.807, 2.05) is 4.67 Å². The van der Waals surface area contributed by atoms with Crippen LogP contribution < -0.4 is 10.6 Å². The second-order valence-corrected chi connectivity index (χ2v) is 4.06. The first-order chi connectivity index (χ1) is 6.18. The average molecular weight is 201 g/mol. The van der Waals surface area contributed by atoms with Crippen LogP contribution in [0, 0.1) is 0 Å². The molecule has 3 atom stereocenters. The Morgan fingerprint density at radius 2 is 2.23 bits per heavy atom. The molecular formula is C7H12N3O2P. The number of rotatable bonds is 0. The fourth-order valence-electron chi connectivity index (χ4n) is 1.90. The van der Waals surface area contributed by atoms with Crippen molar-refractivity contribution in [2.75, 3.05) is 6.54 Å². The summed E-state index contributed by atoms with van der Waals surface area (Å²) in [7, 11) is 2.53. The first kappa shape index (κ1) is 8.91. The van der Waals surface area contributed by atoms with Gasteiger partial charge in [0.15, 0.2) is 0 Å². The largest absolute Gasteiger partial charge is 0.333 e. The van der Waals surface area contributed by atoms with E-state index >= 15 is 0 Å². The summed E-state index contributed by atoms with van der Waals surface area (Å²) in [6.45, 7) is 0.884. The molecule has 0 aromatic heterocycles. The summed E-state index contributed by atoms with van der Waals surface area (Å²) in [6, 6.07) is -0.601. The van der Waals surface area contributed by atoms with Crippen LogP contribution in [0.2, 0.25) is 0 Å². The Bertz CT molecular complexity index is 258. The lowest BCUT2D eigenvalue weighted by Crippen LogP contribution is -2.66. The molecule has 0 radical (unpaired) electrons. The van der Waals surface area contributed by atoms with Crippen molar-refractivity contribution < 1.29 is 9.59 Å². The molecule has 6 heteroatoms. The predicted molar refractivity (Wildman–Crippen MR) is 49.9 cm³/mol. The molecule has 13 heavy (non-hydrogen) atoms. The predicted octanol–water partition coefficient (Wildman–Crippen LogP) is -0.551. The maximum Gasteiger partial charge on any atom is 0.321 e. The number of hydrogen-bond donors (Lipinski definition) is 2. The second-order valence-electron chi connectivity index (χ2n) is 3.39. The molecule has 2 saturated heterocycles. The number of hydrogen-bond acceptors (Lipinski definition) is 3. The van der Waals surface area contributed by atoms with Gasteiger partial charge < -0.3 is 5.32 Å². The van der Waals surface area contributed by atoms with E-state index in [9.17, 15) is 9.59 Å². The molecule has 0 spiro atoms. The molecule has 2 aliphatic rings. The number of nitrogens with zero attached hydrogens (tertiary/aromatic N) is 1. The third kappa shape index (κ3) is 1.54. The van der Waals surface area contributed by atoms with Gasteiger partial charge in [0.1, 0.15) is 6.04 Å². The first-order valence-electron chi connectivity index (χ1n) is 4.31. The van der Waals surface area contributed by atoms with Crippen molar-refractivity contribution in [2.45, 2.75) is 24.9 Å².